The van der Waals surface area contributed by atoms with Crippen LogP contribution in [0.4, 0.5) is 10.8 Å². The van der Waals surface area contributed by atoms with Crippen molar-refractivity contribution in [3.05, 3.63) is 93.8 Å². The van der Waals surface area contributed by atoms with Crippen LogP contribution < -0.4 is 20.0 Å². The number of nitrogens with zero attached hydrogens (tertiary/aromatic N) is 3. The number of ether oxygens (including phenoxy) is 1. The molecule has 1 spiro atoms. The maximum absolute atomic E-state index is 14.4. The molecule has 2 aliphatic heterocycles. The van der Waals surface area contributed by atoms with Crippen molar-refractivity contribution in [2.75, 3.05) is 23.5 Å². The molecule has 2 aromatic heterocycles. The number of methoxy groups -OCH3 is 1. The minimum Gasteiger partial charge on any atom is -0.497 e. The fraction of sp³-hybridized carbons (Fsp3) is 0.143. The van der Waals surface area contributed by atoms with Gasteiger partial charge in [0.1, 0.15) is 11.3 Å². The van der Waals surface area contributed by atoms with Gasteiger partial charge in [0.15, 0.2) is 16.1 Å². The fourth-order valence-corrected chi connectivity index (χ4v) is 6.58. The van der Waals surface area contributed by atoms with E-state index in [1.54, 1.807) is 60.5 Å². The third-order valence-electron chi connectivity index (χ3n) is 7.12. The number of hydrogen-bond donors (Lipinski definition) is 0. The summed E-state index contributed by atoms with van der Waals surface area (Å²) >= 11 is 1.25. The van der Waals surface area contributed by atoms with E-state index in [0.29, 0.717) is 39.6 Å². The Morgan fingerprint density at radius 1 is 1.03 bits per heavy atom. The van der Waals surface area contributed by atoms with Gasteiger partial charge in [0.25, 0.3) is 11.8 Å². The van der Waals surface area contributed by atoms with Gasteiger partial charge in [0.05, 0.1) is 34.0 Å². The molecule has 0 aliphatic carbocycles. The Kier molecular flexibility index (Phi) is 4.41. The standard InChI is InChI=1S/C28H19N3O5S/c1-3-30-19-10-6-5-9-17(19)28(26(30)34)22-23(32)16-8-4-7-11-20(16)36-24(22)25(33)31(28)27-29-18-13-12-15(35-2)14-21(18)37-27/h4-14H,3H2,1-2H3. The maximum Gasteiger partial charge on any atom is 0.297 e. The summed E-state index contributed by atoms with van der Waals surface area (Å²) in [4.78, 5) is 50.4. The molecular formula is C28H19N3O5S. The average Bonchev–Trinajstić information content (AvgIpc) is 3.53. The molecule has 2 amide bonds. The molecule has 8 nitrogen and oxygen atoms in total. The maximum atomic E-state index is 14.4. The lowest BCUT2D eigenvalue weighted by molar-refractivity contribution is -0.121. The number of carbonyl (C=O) groups excluding carboxylic acids is 2. The second-order valence-electron chi connectivity index (χ2n) is 8.88. The molecule has 0 fully saturated rings. The summed E-state index contributed by atoms with van der Waals surface area (Å²) < 4.78 is 12.2. The van der Waals surface area contributed by atoms with Crippen LogP contribution in [0.1, 0.15) is 28.6 Å². The monoisotopic (exact) mass is 509 g/mol. The number of anilines is 2. The van der Waals surface area contributed by atoms with Crippen molar-refractivity contribution in [1.82, 2.24) is 4.98 Å². The largest absolute Gasteiger partial charge is 0.497 e. The Balaban J connectivity index is 1.61. The second kappa shape index (κ2) is 7.50. The molecule has 0 radical (unpaired) electrons. The van der Waals surface area contributed by atoms with E-state index in [2.05, 4.69) is 0 Å². The molecule has 0 saturated heterocycles. The van der Waals surface area contributed by atoms with Gasteiger partial charge in [-0.1, -0.05) is 41.7 Å². The Labute approximate surface area is 214 Å². The van der Waals surface area contributed by atoms with Crippen LogP contribution in [0, 0.1) is 0 Å². The van der Waals surface area contributed by atoms with E-state index in [1.165, 1.54) is 16.2 Å². The molecule has 9 heteroatoms. The van der Waals surface area contributed by atoms with Crippen LogP contribution in [0.15, 0.2) is 75.9 Å². The van der Waals surface area contributed by atoms with Crippen molar-refractivity contribution < 1.29 is 18.7 Å². The number of para-hydroxylation sites is 2. The first-order valence-corrected chi connectivity index (χ1v) is 12.6. The van der Waals surface area contributed by atoms with E-state index in [0.717, 1.165) is 4.70 Å². The van der Waals surface area contributed by atoms with Gasteiger partial charge in [-0.15, -0.1) is 0 Å². The molecule has 37 heavy (non-hydrogen) atoms. The number of hydrogen-bond acceptors (Lipinski definition) is 7. The molecular weight excluding hydrogens is 490 g/mol. The molecule has 0 bridgehead atoms. The number of rotatable bonds is 3. The Bertz CT molecular complexity index is 1860. The van der Waals surface area contributed by atoms with Gasteiger partial charge in [0.2, 0.25) is 5.76 Å². The quantitative estimate of drug-likeness (QED) is 0.351. The van der Waals surface area contributed by atoms with Crippen LogP contribution >= 0.6 is 11.3 Å². The highest BCUT2D eigenvalue weighted by atomic mass is 32.1. The summed E-state index contributed by atoms with van der Waals surface area (Å²) in [5.74, 6) is -0.453. The SMILES string of the molecule is CCN1C(=O)C2(c3ccccc31)c1c(oc3ccccc3c1=O)C(=O)N2c1nc2ccc(OC)cc2s1. The highest BCUT2D eigenvalue weighted by molar-refractivity contribution is 7.22. The van der Waals surface area contributed by atoms with E-state index >= 15 is 0 Å². The molecule has 0 N–H and O–H groups in total. The van der Waals surface area contributed by atoms with Crippen molar-refractivity contribution in [2.24, 2.45) is 0 Å². The first-order valence-electron chi connectivity index (χ1n) is 11.8. The van der Waals surface area contributed by atoms with Crippen molar-refractivity contribution >= 4 is 55.2 Å². The Morgan fingerprint density at radius 3 is 2.62 bits per heavy atom. The van der Waals surface area contributed by atoms with Crippen molar-refractivity contribution in [3.63, 3.8) is 0 Å². The zero-order valence-electron chi connectivity index (χ0n) is 19.8. The molecule has 1 unspecified atom stereocenters. The van der Waals surface area contributed by atoms with Crippen LogP contribution in [0.3, 0.4) is 0 Å². The third kappa shape index (κ3) is 2.61. The first-order chi connectivity index (χ1) is 18.0. The first kappa shape index (κ1) is 21.8. The highest BCUT2D eigenvalue weighted by Crippen LogP contribution is 2.54. The number of fused-ring (bicyclic) bond motifs is 6. The number of amides is 2. The predicted octanol–water partition coefficient (Wildman–Crippen LogP) is 4.68. The second-order valence-corrected chi connectivity index (χ2v) is 9.89. The molecule has 2 aliphatic rings. The van der Waals surface area contributed by atoms with Crippen LogP contribution in [0.25, 0.3) is 21.2 Å². The normalized spacial score (nSPS) is 18.3. The van der Waals surface area contributed by atoms with Gasteiger partial charge in [-0.3, -0.25) is 19.3 Å². The van der Waals surface area contributed by atoms with Gasteiger partial charge >= 0.3 is 0 Å². The van der Waals surface area contributed by atoms with E-state index in [-0.39, 0.29) is 22.8 Å². The molecule has 182 valence electrons. The number of benzene rings is 3. The minimum absolute atomic E-state index is 0.0291. The molecule has 3 aromatic carbocycles. The summed E-state index contributed by atoms with van der Waals surface area (Å²) in [5, 5.41) is 0.605. The summed E-state index contributed by atoms with van der Waals surface area (Å²) in [6, 6.07) is 19.4. The number of aromatic nitrogens is 1. The van der Waals surface area contributed by atoms with Crippen LogP contribution in [0.2, 0.25) is 0 Å². The zero-order chi connectivity index (χ0) is 25.5. The lowest BCUT2D eigenvalue weighted by Crippen LogP contribution is -2.53. The van der Waals surface area contributed by atoms with Gasteiger partial charge < -0.3 is 14.1 Å². The van der Waals surface area contributed by atoms with E-state index < -0.39 is 16.9 Å². The lowest BCUT2D eigenvalue weighted by Gasteiger charge is -2.32. The zero-order valence-corrected chi connectivity index (χ0v) is 20.7. The van der Waals surface area contributed by atoms with Crippen LogP contribution in [-0.2, 0) is 10.3 Å². The highest BCUT2D eigenvalue weighted by Gasteiger charge is 2.66. The minimum atomic E-state index is -1.73. The van der Waals surface area contributed by atoms with Crippen LogP contribution in [0.5, 0.6) is 5.75 Å². The Hall–Kier alpha value is -4.50. The molecule has 7 rings (SSSR count). The smallest absolute Gasteiger partial charge is 0.297 e. The summed E-state index contributed by atoms with van der Waals surface area (Å²) in [6.07, 6.45) is 0. The summed E-state index contributed by atoms with van der Waals surface area (Å²) in [6.45, 7) is 2.23. The topological polar surface area (TPSA) is 93.0 Å². The van der Waals surface area contributed by atoms with E-state index in [4.69, 9.17) is 14.1 Å². The Morgan fingerprint density at radius 2 is 1.81 bits per heavy atom. The average molecular weight is 510 g/mol. The van der Waals surface area contributed by atoms with E-state index in [9.17, 15) is 14.4 Å². The molecule has 0 saturated carbocycles. The van der Waals surface area contributed by atoms with Gasteiger partial charge in [-0.25, -0.2) is 4.98 Å². The third-order valence-corrected chi connectivity index (χ3v) is 8.13. The van der Waals surface area contributed by atoms with Crippen molar-refractivity contribution in [2.45, 2.75) is 12.5 Å². The number of thiazole rings is 1. The molecule has 1 atom stereocenters. The van der Waals surface area contributed by atoms with Crippen molar-refractivity contribution in [1.29, 1.82) is 0 Å². The van der Waals surface area contributed by atoms with Crippen LogP contribution in [-0.4, -0.2) is 30.5 Å². The lowest BCUT2D eigenvalue weighted by atomic mass is 9.84. The van der Waals surface area contributed by atoms with Gasteiger partial charge in [-0.05, 0) is 43.3 Å². The van der Waals surface area contributed by atoms with E-state index in [1.807, 2.05) is 25.1 Å². The van der Waals surface area contributed by atoms with Gasteiger partial charge in [0, 0.05) is 12.1 Å². The fourth-order valence-electron chi connectivity index (χ4n) is 5.54. The summed E-state index contributed by atoms with van der Waals surface area (Å²) in [7, 11) is 1.58. The molecule has 4 heterocycles. The molecule has 5 aromatic rings. The van der Waals surface area contributed by atoms with Crippen molar-refractivity contribution in [3.8, 4) is 5.75 Å². The summed E-state index contributed by atoms with van der Waals surface area (Å²) in [5.41, 5.74) is 0.0241. The van der Waals surface area contributed by atoms with Gasteiger partial charge in [-0.2, -0.15) is 0 Å². The number of likely N-dealkylation sites (N-methyl/N-ethyl adjacent to an activating group) is 1. The number of carbonyl (C=O) groups is 2. The predicted molar refractivity (Wildman–Crippen MR) is 141 cm³/mol.